The number of fused-ring (bicyclic) bond motifs is 4. The van der Waals surface area contributed by atoms with Crippen LogP contribution in [0.1, 0.15) is 94.5 Å². The molecule has 1 spiro atoms. The number of aromatic nitrogens is 4. The molecule has 7 aliphatic rings. The van der Waals surface area contributed by atoms with Gasteiger partial charge in [0.25, 0.3) is 23.3 Å². The van der Waals surface area contributed by atoms with Gasteiger partial charge in [-0.15, -0.1) is 0 Å². The van der Waals surface area contributed by atoms with E-state index in [1.165, 1.54) is 15.8 Å². The zero-order valence-electron chi connectivity index (χ0n) is 40.4. The minimum Gasteiger partial charge on any atom is -0.392 e. The summed E-state index contributed by atoms with van der Waals surface area (Å²) in [5.74, 6) is -1.19. The third-order valence-corrected chi connectivity index (χ3v) is 16.3. The van der Waals surface area contributed by atoms with Gasteiger partial charge in [-0.05, 0) is 104 Å². The van der Waals surface area contributed by atoms with Crippen LogP contribution < -0.4 is 30.9 Å². The fourth-order valence-corrected chi connectivity index (χ4v) is 12.7. The molecule has 1 saturated carbocycles. The number of carbonyl (C=O) groups is 5. The largest absolute Gasteiger partial charge is 0.392 e. The van der Waals surface area contributed by atoms with Crippen LogP contribution in [0.5, 0.6) is 0 Å². The van der Waals surface area contributed by atoms with Crippen molar-refractivity contribution in [1.29, 1.82) is 0 Å². The van der Waals surface area contributed by atoms with Crippen LogP contribution in [0.2, 0.25) is 0 Å². The maximum absolute atomic E-state index is 14.0. The van der Waals surface area contributed by atoms with E-state index in [-0.39, 0.29) is 47.8 Å². The lowest BCUT2D eigenvalue weighted by atomic mass is 9.60. The Bertz CT molecular complexity index is 3160. The lowest BCUT2D eigenvalue weighted by Gasteiger charge is -2.62. The quantitative estimate of drug-likeness (QED) is 0.178. The molecule has 71 heavy (non-hydrogen) atoms. The smallest absolute Gasteiger partial charge is 0.276 e. The maximum Gasteiger partial charge on any atom is 0.276 e. The van der Waals surface area contributed by atoms with Crippen LogP contribution in [-0.2, 0) is 42.6 Å². The van der Waals surface area contributed by atoms with Gasteiger partial charge in [0, 0.05) is 112 Å². The van der Waals surface area contributed by atoms with E-state index in [4.69, 9.17) is 4.98 Å². The fraction of sp³-hybridized carbons (Fsp3) is 0.434. The molecule has 4 fully saturated rings. The molecule has 18 heteroatoms. The number of carbonyl (C=O) groups excluding carboxylic acids is 5. The molecular formula is C53H57N11O7. The van der Waals surface area contributed by atoms with Crippen LogP contribution in [0.15, 0.2) is 71.9 Å². The molecule has 0 bridgehead atoms. The van der Waals surface area contributed by atoms with Gasteiger partial charge in [0.1, 0.15) is 29.1 Å². The summed E-state index contributed by atoms with van der Waals surface area (Å²) in [5.41, 5.74) is 7.98. The number of benzene rings is 1. The molecule has 4 aromatic heterocycles. The minimum atomic E-state index is -0.983. The highest BCUT2D eigenvalue weighted by Gasteiger charge is 2.55. The first-order chi connectivity index (χ1) is 34.1. The predicted octanol–water partition coefficient (Wildman–Crippen LogP) is 4.25. The van der Waals surface area contributed by atoms with E-state index in [1.54, 1.807) is 48.6 Å². The van der Waals surface area contributed by atoms with Crippen LogP contribution in [-0.4, -0.2) is 121 Å². The molecule has 2 atom stereocenters. The standard InChI is InChI=1S/C53H57N11O7/c1-30-25-59(35-21-53(22-35)28-60(29-53)33-5-7-37-38(19-33)49(69)64(48(37)68)41-8-10-45(66)57-47(41)67)13-14-61(30)34-6-9-44(55-24-34)56-40-17-32(26-58(4)50(40)70)36-11-12-54-46(39(36)27-65)63-16-15-62-42(51(63)71)18-31-20-52(2,3)23-43(31)62/h5-7,9,11-12,17-19,24,26,30,35,41,65H,8,10,13-16,20-23,25,27-29H2,1-4H3,(H,55,56)(H,57,66,67)/t30-,41?/m0/s1. The summed E-state index contributed by atoms with van der Waals surface area (Å²) in [7, 11) is 1.69. The summed E-state index contributed by atoms with van der Waals surface area (Å²) >= 11 is 0. The number of rotatable bonds is 9. The Balaban J connectivity index is 0.663. The summed E-state index contributed by atoms with van der Waals surface area (Å²) in [4.78, 5) is 97.6. The van der Waals surface area contributed by atoms with Crippen molar-refractivity contribution in [2.45, 2.75) is 90.6 Å². The summed E-state index contributed by atoms with van der Waals surface area (Å²) in [5, 5.41) is 16.3. The first-order valence-corrected chi connectivity index (χ1v) is 24.7. The van der Waals surface area contributed by atoms with Gasteiger partial charge < -0.3 is 29.4 Å². The number of aliphatic hydroxyl groups excluding tert-OH is 1. The van der Waals surface area contributed by atoms with Crippen LogP contribution in [0, 0.1) is 10.8 Å². The van der Waals surface area contributed by atoms with Gasteiger partial charge in [0.2, 0.25) is 11.8 Å². The molecule has 1 aromatic carbocycles. The van der Waals surface area contributed by atoms with Crippen molar-refractivity contribution in [1.82, 2.24) is 34.2 Å². The van der Waals surface area contributed by atoms with Crippen molar-refractivity contribution >= 4 is 58.2 Å². The van der Waals surface area contributed by atoms with E-state index in [9.17, 15) is 33.9 Å². The average Bonchev–Trinajstić information content (AvgIpc) is 3.90. The number of imide groups is 2. The van der Waals surface area contributed by atoms with Crippen LogP contribution in [0.25, 0.3) is 11.1 Å². The Morgan fingerprint density at radius 3 is 2.38 bits per heavy atom. The van der Waals surface area contributed by atoms with Crippen molar-refractivity contribution in [3.8, 4) is 11.1 Å². The fourth-order valence-electron chi connectivity index (χ4n) is 12.7. The van der Waals surface area contributed by atoms with Gasteiger partial charge in [-0.2, -0.15) is 0 Å². The highest BCUT2D eigenvalue weighted by atomic mass is 16.3. The molecule has 18 nitrogen and oxygen atoms in total. The molecule has 1 unspecified atom stereocenters. The number of hydrogen-bond acceptors (Lipinski definition) is 13. The summed E-state index contributed by atoms with van der Waals surface area (Å²) in [6, 6.07) is 14.6. The number of pyridine rings is 3. The average molecular weight is 960 g/mol. The van der Waals surface area contributed by atoms with Gasteiger partial charge in [0.05, 0.1) is 29.6 Å². The molecule has 5 amide bonds. The lowest BCUT2D eigenvalue weighted by molar-refractivity contribution is -0.136. The number of hydrogen-bond donors (Lipinski definition) is 3. The van der Waals surface area contributed by atoms with E-state index in [0.29, 0.717) is 70.0 Å². The van der Waals surface area contributed by atoms with Crippen molar-refractivity contribution in [3.05, 3.63) is 111 Å². The summed E-state index contributed by atoms with van der Waals surface area (Å²) in [6.45, 7) is 11.9. The Morgan fingerprint density at radius 2 is 1.63 bits per heavy atom. The van der Waals surface area contributed by atoms with Crippen LogP contribution in [0.3, 0.4) is 0 Å². The molecule has 12 rings (SSSR count). The second-order valence-corrected chi connectivity index (χ2v) is 21.7. The Labute approximate surface area is 410 Å². The second kappa shape index (κ2) is 16.4. The highest BCUT2D eigenvalue weighted by molar-refractivity contribution is 6.23. The normalized spacial score (nSPS) is 22.6. The number of aryl methyl sites for hydroxylation is 1. The minimum absolute atomic E-state index is 0.0843. The van der Waals surface area contributed by atoms with Crippen molar-refractivity contribution in [2.24, 2.45) is 17.9 Å². The molecule has 2 aliphatic carbocycles. The summed E-state index contributed by atoms with van der Waals surface area (Å²) < 4.78 is 3.66. The van der Waals surface area contributed by atoms with Gasteiger partial charge in [-0.25, -0.2) is 9.97 Å². The lowest BCUT2D eigenvalue weighted by Crippen LogP contribution is -2.68. The van der Waals surface area contributed by atoms with Gasteiger partial charge in [-0.3, -0.25) is 48.8 Å². The first-order valence-electron chi connectivity index (χ1n) is 24.7. The summed E-state index contributed by atoms with van der Waals surface area (Å²) in [6.07, 6.45) is 9.51. The van der Waals surface area contributed by atoms with Gasteiger partial charge >= 0.3 is 0 Å². The number of aliphatic hydroxyl groups is 1. The number of amides is 5. The third-order valence-electron chi connectivity index (χ3n) is 16.3. The first kappa shape index (κ1) is 45.0. The number of piperazine rings is 1. The maximum atomic E-state index is 14.0. The molecular weight excluding hydrogens is 903 g/mol. The van der Waals surface area contributed by atoms with Gasteiger partial charge in [0.15, 0.2) is 0 Å². The molecule has 3 N–H and O–H groups in total. The Morgan fingerprint density at radius 1 is 0.845 bits per heavy atom. The Kier molecular flexibility index (Phi) is 10.4. The molecule has 9 heterocycles. The molecule has 5 aliphatic heterocycles. The predicted molar refractivity (Wildman–Crippen MR) is 265 cm³/mol. The molecule has 366 valence electrons. The number of anilines is 5. The molecule has 0 radical (unpaired) electrons. The monoisotopic (exact) mass is 959 g/mol. The zero-order chi connectivity index (χ0) is 49.2. The van der Waals surface area contributed by atoms with E-state index < -0.39 is 29.7 Å². The van der Waals surface area contributed by atoms with E-state index in [2.05, 4.69) is 55.7 Å². The van der Waals surface area contributed by atoms with E-state index in [1.807, 2.05) is 30.5 Å². The van der Waals surface area contributed by atoms with Crippen molar-refractivity contribution in [2.75, 3.05) is 59.3 Å². The number of nitrogens with one attached hydrogen (secondary N) is 2. The van der Waals surface area contributed by atoms with Crippen molar-refractivity contribution in [3.63, 3.8) is 0 Å². The molecule has 3 saturated heterocycles. The van der Waals surface area contributed by atoms with E-state index in [0.717, 1.165) is 74.7 Å². The Hall–Kier alpha value is -7.18. The van der Waals surface area contributed by atoms with Crippen molar-refractivity contribution < 1.29 is 29.1 Å². The van der Waals surface area contributed by atoms with Crippen LogP contribution in [0.4, 0.5) is 28.7 Å². The highest BCUT2D eigenvalue weighted by Crippen LogP contribution is 2.52. The SMILES string of the molecule is C[C@H]1CN(C2CC3(C2)CN(c2ccc4c(c2)C(=O)N(C2CCC(=O)NC2=O)C4=O)C3)CCN1c1ccc(Nc2cc(-c3ccnc(N4CCn5c(cc6c5CC(C)(C)C6)C4=O)c3CO)cn(C)c2=O)nc1. The van der Waals surface area contributed by atoms with Gasteiger partial charge in [-0.1, -0.05) is 13.8 Å². The van der Waals surface area contributed by atoms with Crippen LogP contribution >= 0.6 is 0 Å². The number of piperidine rings is 1. The topological polar surface area (TPSA) is 199 Å². The van der Waals surface area contributed by atoms with E-state index >= 15 is 0 Å². The zero-order valence-corrected chi connectivity index (χ0v) is 40.4. The number of nitrogens with zero attached hydrogens (tertiary/aromatic N) is 9. The third kappa shape index (κ3) is 7.43. The molecule has 5 aromatic rings. The second-order valence-electron chi connectivity index (χ2n) is 21.7.